The first-order valence-corrected chi connectivity index (χ1v) is 14.6. The van der Waals surface area contributed by atoms with Crippen molar-refractivity contribution >= 4 is 31.6 Å². The molecule has 2 N–H and O–H groups in total. The van der Waals surface area contributed by atoms with Crippen molar-refractivity contribution in [2.75, 3.05) is 38.1 Å². The first kappa shape index (κ1) is 29.6. The van der Waals surface area contributed by atoms with Crippen molar-refractivity contribution in [3.8, 4) is 0 Å². The van der Waals surface area contributed by atoms with Crippen LogP contribution in [0.3, 0.4) is 0 Å². The molecular weight excluding hydrogens is 545 g/mol. The minimum absolute atomic E-state index is 0.0306. The van der Waals surface area contributed by atoms with Gasteiger partial charge in [-0.05, 0) is 54.3 Å². The number of amides is 1. The van der Waals surface area contributed by atoms with Crippen LogP contribution in [-0.2, 0) is 37.6 Å². The van der Waals surface area contributed by atoms with Gasteiger partial charge in [0.2, 0.25) is 26.0 Å². The summed E-state index contributed by atoms with van der Waals surface area (Å²) in [5, 5.41) is 3.29. The third-order valence-electron chi connectivity index (χ3n) is 6.15. The second-order valence-electron chi connectivity index (χ2n) is 8.80. The molecule has 14 heteroatoms. The fourth-order valence-corrected chi connectivity index (χ4v) is 6.08. The molecule has 1 aliphatic rings. The van der Waals surface area contributed by atoms with E-state index < -0.39 is 31.8 Å². The van der Waals surface area contributed by atoms with Crippen LogP contribution in [0, 0.1) is 5.92 Å². The summed E-state index contributed by atoms with van der Waals surface area (Å²) in [7, 11) is -5.99. The Morgan fingerprint density at radius 1 is 1.11 bits per heavy atom. The van der Waals surface area contributed by atoms with Crippen LogP contribution < -0.4 is 14.9 Å². The molecule has 0 bridgehead atoms. The highest BCUT2D eigenvalue weighted by molar-refractivity contribution is 7.92. The van der Waals surface area contributed by atoms with Crippen LogP contribution >= 0.6 is 0 Å². The molecule has 38 heavy (non-hydrogen) atoms. The average molecular weight is 575 g/mol. The van der Waals surface area contributed by atoms with Gasteiger partial charge in [0.15, 0.2) is 0 Å². The molecule has 1 saturated heterocycles. The maximum atomic E-state index is 13.1. The number of rotatable bonds is 11. The number of nitrogens with zero attached hydrogens (tertiary/aromatic N) is 2. The minimum atomic E-state index is -4.46. The Labute approximate surface area is 220 Å². The number of anilines is 1. The Kier molecular flexibility index (Phi) is 9.23. The van der Waals surface area contributed by atoms with Gasteiger partial charge in [-0.2, -0.15) is 17.5 Å². The number of likely N-dealkylation sites (N-methyl/N-ethyl adjacent to an activating group) is 1. The summed E-state index contributed by atoms with van der Waals surface area (Å²) in [5.41, 5.74) is 0.260. The van der Waals surface area contributed by atoms with Gasteiger partial charge in [-0.15, -0.1) is 0 Å². The van der Waals surface area contributed by atoms with E-state index >= 15 is 0 Å². The van der Waals surface area contributed by atoms with E-state index in [4.69, 9.17) is 0 Å². The lowest BCUT2D eigenvalue weighted by atomic mass is 10.1. The van der Waals surface area contributed by atoms with E-state index in [-0.39, 0.29) is 49.4 Å². The van der Waals surface area contributed by atoms with Gasteiger partial charge in [-0.3, -0.25) is 4.79 Å². The van der Waals surface area contributed by atoms with Crippen LogP contribution in [0.25, 0.3) is 0 Å². The van der Waals surface area contributed by atoms with Gasteiger partial charge < -0.3 is 10.2 Å². The van der Waals surface area contributed by atoms with Crippen LogP contribution in [0.2, 0.25) is 0 Å². The standard InChI is InChI=1S/C24H29F3N4O5S2/c1-3-37(33,34)29-14-19-12-13-31(16-19)38(35,36)22-10-8-21(9-11-22)30(17-23(32)28-2)15-18-4-6-20(7-5-18)24(25,26)27/h3-11,19,29H,1,12-17H2,2H3,(H,28,32)/t19-/m1/s1. The van der Waals surface area contributed by atoms with Gasteiger partial charge in [-0.25, -0.2) is 21.6 Å². The van der Waals surface area contributed by atoms with Crippen molar-refractivity contribution in [1.82, 2.24) is 14.3 Å². The van der Waals surface area contributed by atoms with E-state index in [0.717, 1.165) is 17.5 Å². The molecule has 208 valence electrons. The molecule has 1 heterocycles. The van der Waals surface area contributed by atoms with Crippen molar-refractivity contribution < 1.29 is 34.8 Å². The number of carbonyl (C=O) groups excluding carboxylic acids is 1. The number of alkyl halides is 3. The maximum absolute atomic E-state index is 13.1. The van der Waals surface area contributed by atoms with E-state index in [2.05, 4.69) is 16.6 Å². The lowest BCUT2D eigenvalue weighted by molar-refractivity contribution is -0.137. The number of hydrogen-bond donors (Lipinski definition) is 2. The number of nitrogens with one attached hydrogen (secondary N) is 2. The highest BCUT2D eigenvalue weighted by Gasteiger charge is 2.33. The Hall–Kier alpha value is -2.94. The molecule has 0 aliphatic carbocycles. The molecular formula is C24H29F3N4O5S2. The van der Waals surface area contributed by atoms with Gasteiger partial charge in [0.25, 0.3) is 0 Å². The van der Waals surface area contributed by atoms with Crippen molar-refractivity contribution in [3.63, 3.8) is 0 Å². The number of benzene rings is 2. The smallest absolute Gasteiger partial charge is 0.358 e. The van der Waals surface area contributed by atoms with Crippen LogP contribution in [-0.4, -0.2) is 60.3 Å². The quantitative estimate of drug-likeness (QED) is 0.426. The Bertz CT molecular complexity index is 1350. The zero-order chi connectivity index (χ0) is 28.1. The lowest BCUT2D eigenvalue weighted by Crippen LogP contribution is -2.35. The summed E-state index contributed by atoms with van der Waals surface area (Å²) in [6, 6.07) is 10.5. The topological polar surface area (TPSA) is 116 Å². The molecule has 3 rings (SSSR count). The van der Waals surface area contributed by atoms with Crippen molar-refractivity contribution in [3.05, 3.63) is 71.6 Å². The number of halogens is 3. The molecule has 0 saturated carbocycles. The molecule has 1 fully saturated rings. The van der Waals surface area contributed by atoms with E-state index in [1.165, 1.54) is 47.8 Å². The van der Waals surface area contributed by atoms with Crippen molar-refractivity contribution in [1.29, 1.82) is 0 Å². The normalized spacial score (nSPS) is 16.8. The summed E-state index contributed by atoms with van der Waals surface area (Å²) in [6.07, 6.45) is -3.97. The molecule has 2 aromatic rings. The summed E-state index contributed by atoms with van der Waals surface area (Å²) >= 11 is 0. The predicted molar refractivity (Wildman–Crippen MR) is 137 cm³/mol. The Balaban J connectivity index is 1.74. The van der Waals surface area contributed by atoms with E-state index in [1.807, 2.05) is 0 Å². The van der Waals surface area contributed by atoms with Crippen LogP contribution in [0.1, 0.15) is 17.5 Å². The first-order valence-electron chi connectivity index (χ1n) is 11.6. The SMILES string of the molecule is C=CS(=O)(=O)NC[C@H]1CCN(S(=O)(=O)c2ccc(N(CC(=O)NC)Cc3ccc(C(F)(F)F)cc3)cc2)C1. The summed E-state index contributed by atoms with van der Waals surface area (Å²) < 4.78 is 91.7. The molecule has 0 aromatic heterocycles. The zero-order valence-corrected chi connectivity index (χ0v) is 22.2. The van der Waals surface area contributed by atoms with Crippen LogP contribution in [0.4, 0.5) is 18.9 Å². The Morgan fingerprint density at radius 2 is 1.74 bits per heavy atom. The third-order valence-corrected chi connectivity index (χ3v) is 9.04. The minimum Gasteiger partial charge on any atom is -0.358 e. The van der Waals surface area contributed by atoms with Crippen LogP contribution in [0.15, 0.2) is 65.4 Å². The number of sulfonamides is 2. The molecule has 0 radical (unpaired) electrons. The molecule has 1 amide bonds. The summed E-state index contributed by atoms with van der Waals surface area (Å²) in [4.78, 5) is 13.7. The highest BCUT2D eigenvalue weighted by atomic mass is 32.2. The zero-order valence-electron chi connectivity index (χ0n) is 20.6. The number of hydrogen-bond acceptors (Lipinski definition) is 6. The number of carbonyl (C=O) groups is 1. The third kappa shape index (κ3) is 7.56. The molecule has 2 aromatic carbocycles. The molecule has 9 nitrogen and oxygen atoms in total. The fourth-order valence-electron chi connectivity index (χ4n) is 3.96. The maximum Gasteiger partial charge on any atom is 0.416 e. The average Bonchev–Trinajstić information content (AvgIpc) is 3.37. The van der Waals surface area contributed by atoms with E-state index in [0.29, 0.717) is 17.7 Å². The van der Waals surface area contributed by atoms with Gasteiger partial charge in [0.1, 0.15) is 0 Å². The first-order chi connectivity index (χ1) is 17.7. The van der Waals surface area contributed by atoms with E-state index in [1.54, 1.807) is 4.90 Å². The van der Waals surface area contributed by atoms with Gasteiger partial charge >= 0.3 is 6.18 Å². The highest BCUT2D eigenvalue weighted by Crippen LogP contribution is 2.30. The molecule has 0 unspecified atom stereocenters. The lowest BCUT2D eigenvalue weighted by Gasteiger charge is -2.25. The largest absolute Gasteiger partial charge is 0.416 e. The van der Waals surface area contributed by atoms with Crippen molar-refractivity contribution in [2.24, 2.45) is 5.92 Å². The van der Waals surface area contributed by atoms with Crippen LogP contribution in [0.5, 0.6) is 0 Å². The fraction of sp³-hybridized carbons (Fsp3) is 0.375. The molecule has 1 aliphatic heterocycles. The van der Waals surface area contributed by atoms with E-state index in [9.17, 15) is 34.8 Å². The Morgan fingerprint density at radius 3 is 2.29 bits per heavy atom. The predicted octanol–water partition coefficient (Wildman–Crippen LogP) is 2.53. The second-order valence-corrected chi connectivity index (χ2v) is 12.4. The van der Waals surface area contributed by atoms with Gasteiger partial charge in [-0.1, -0.05) is 18.7 Å². The van der Waals surface area contributed by atoms with Gasteiger partial charge in [0.05, 0.1) is 17.0 Å². The summed E-state index contributed by atoms with van der Waals surface area (Å²) in [5.74, 6) is -0.519. The molecule has 1 atom stereocenters. The monoisotopic (exact) mass is 574 g/mol. The van der Waals surface area contributed by atoms with Crippen molar-refractivity contribution in [2.45, 2.75) is 24.0 Å². The summed E-state index contributed by atoms with van der Waals surface area (Å²) in [6.45, 7) is 3.73. The van der Waals surface area contributed by atoms with Gasteiger partial charge in [0, 0.05) is 44.3 Å². The second kappa shape index (κ2) is 11.8. The molecule has 0 spiro atoms.